The third-order valence-electron chi connectivity index (χ3n) is 3.59. The summed E-state index contributed by atoms with van der Waals surface area (Å²) < 4.78 is 54.5. The third kappa shape index (κ3) is 3.79. The van der Waals surface area contributed by atoms with E-state index in [1.165, 1.54) is 0 Å². The Balaban J connectivity index is 2.78. The summed E-state index contributed by atoms with van der Waals surface area (Å²) in [5.41, 5.74) is -3.03. The summed E-state index contributed by atoms with van der Waals surface area (Å²) in [4.78, 5) is 28.7. The first kappa shape index (κ1) is 20.1. The van der Waals surface area contributed by atoms with E-state index in [4.69, 9.17) is 0 Å². The molecule has 0 N–H and O–H groups in total. The van der Waals surface area contributed by atoms with Crippen molar-refractivity contribution in [2.24, 2.45) is 0 Å². The maximum atomic E-state index is 14.0. The second-order valence-electron chi connectivity index (χ2n) is 6.54. The first-order valence-electron chi connectivity index (χ1n) is 7.73. The van der Waals surface area contributed by atoms with Crippen molar-refractivity contribution < 1.29 is 17.4 Å². The lowest BCUT2D eigenvalue weighted by Crippen LogP contribution is -2.50. The van der Waals surface area contributed by atoms with E-state index in [1.54, 1.807) is 27.7 Å². The highest BCUT2D eigenvalue weighted by atomic mass is 32.2. The third-order valence-corrected chi connectivity index (χ3v) is 4.83. The number of hydrogen-bond donors (Lipinski definition) is 0. The van der Waals surface area contributed by atoms with Crippen LogP contribution in [0.3, 0.4) is 0 Å². The predicted molar refractivity (Wildman–Crippen MR) is 90.1 cm³/mol. The highest BCUT2D eigenvalue weighted by molar-refractivity contribution is 7.84. The maximum Gasteiger partial charge on any atom is 0.354 e. The molecule has 0 fully saturated rings. The van der Waals surface area contributed by atoms with Crippen molar-refractivity contribution in [1.29, 1.82) is 0 Å². The molecule has 26 heavy (non-hydrogen) atoms. The van der Waals surface area contributed by atoms with Gasteiger partial charge in [0.15, 0.2) is 11.6 Å². The van der Waals surface area contributed by atoms with Crippen LogP contribution >= 0.6 is 0 Å². The van der Waals surface area contributed by atoms with Crippen molar-refractivity contribution in [2.75, 3.05) is 5.75 Å². The van der Waals surface area contributed by atoms with E-state index in [-0.39, 0.29) is 16.5 Å². The largest absolute Gasteiger partial charge is 0.354 e. The van der Waals surface area contributed by atoms with E-state index < -0.39 is 51.7 Å². The van der Waals surface area contributed by atoms with Crippen molar-refractivity contribution in [1.82, 2.24) is 14.1 Å². The average Bonchev–Trinajstić information content (AvgIpc) is 2.52. The lowest BCUT2D eigenvalue weighted by molar-refractivity contribution is 0.334. The number of aromatic nitrogens is 3. The minimum atomic E-state index is -1.80. The molecule has 0 radical (unpaired) electrons. The normalized spacial score (nSPS) is 13.0. The molecule has 0 bridgehead atoms. The molecule has 1 unspecified atom stereocenters. The first-order valence-corrected chi connectivity index (χ1v) is 9.05. The van der Waals surface area contributed by atoms with Gasteiger partial charge >= 0.3 is 11.4 Å². The van der Waals surface area contributed by atoms with Crippen LogP contribution in [0.5, 0.6) is 0 Å². The lowest BCUT2D eigenvalue weighted by atomic mass is 10.1. The Hall–Kier alpha value is -2.23. The molecule has 10 heteroatoms. The molecule has 1 heterocycles. The molecule has 0 aliphatic carbocycles. The van der Waals surface area contributed by atoms with Crippen LogP contribution in [0.25, 0.3) is 0 Å². The van der Waals surface area contributed by atoms with Crippen LogP contribution in [0, 0.1) is 17.5 Å². The second-order valence-corrected chi connectivity index (χ2v) is 8.18. The Bertz CT molecular complexity index is 993. The number of halogens is 3. The van der Waals surface area contributed by atoms with Gasteiger partial charge in [-0.3, -0.25) is 8.78 Å². The topological polar surface area (TPSA) is 74.0 Å². The molecule has 0 amide bonds. The first-order chi connectivity index (χ1) is 12.0. The Labute approximate surface area is 149 Å². The molecule has 6 nitrogen and oxygen atoms in total. The highest BCUT2D eigenvalue weighted by Gasteiger charge is 2.25. The molecule has 1 atom stereocenters. The van der Waals surface area contributed by atoms with Crippen molar-refractivity contribution in [2.45, 2.75) is 44.9 Å². The minimum absolute atomic E-state index is 0.0612. The van der Waals surface area contributed by atoms with Crippen molar-refractivity contribution in [3.05, 3.63) is 56.1 Å². The molecule has 2 aromatic rings. The van der Waals surface area contributed by atoms with E-state index in [2.05, 4.69) is 4.98 Å². The maximum absolute atomic E-state index is 14.0. The number of benzene rings is 1. The summed E-state index contributed by atoms with van der Waals surface area (Å²) in [5.74, 6) is -3.66. The second kappa shape index (κ2) is 7.18. The highest BCUT2D eigenvalue weighted by Crippen LogP contribution is 2.16. The van der Waals surface area contributed by atoms with Gasteiger partial charge in [-0.05, 0) is 26.8 Å². The SMILES string of the molecule is CCS(=O)c1nc(=O)n(C(C)(C)C)c(=O)n1Cc1cc(F)c(F)cc1F. The zero-order valence-electron chi connectivity index (χ0n) is 14.7. The average molecular weight is 389 g/mol. The van der Waals surface area contributed by atoms with Crippen LogP contribution in [0.2, 0.25) is 0 Å². The fraction of sp³-hybridized carbons (Fsp3) is 0.438. The summed E-state index contributed by atoms with van der Waals surface area (Å²) in [7, 11) is -1.80. The van der Waals surface area contributed by atoms with Crippen LogP contribution in [-0.4, -0.2) is 24.1 Å². The molecule has 1 aromatic heterocycles. The van der Waals surface area contributed by atoms with Crippen LogP contribution in [-0.2, 0) is 22.9 Å². The number of nitrogens with zero attached hydrogens (tertiary/aromatic N) is 3. The summed E-state index contributed by atoms with van der Waals surface area (Å²) in [6.45, 7) is 5.79. The quantitative estimate of drug-likeness (QED) is 0.747. The molecular weight excluding hydrogens is 371 g/mol. The van der Waals surface area contributed by atoms with Crippen LogP contribution in [0.15, 0.2) is 26.9 Å². The summed E-state index contributed by atoms with van der Waals surface area (Å²) >= 11 is 0. The fourth-order valence-corrected chi connectivity index (χ4v) is 3.17. The zero-order valence-corrected chi connectivity index (χ0v) is 15.5. The number of rotatable bonds is 4. The van der Waals surface area contributed by atoms with Gasteiger partial charge in [0.05, 0.1) is 17.3 Å². The predicted octanol–water partition coefficient (Wildman–Crippen LogP) is 1.75. The monoisotopic (exact) mass is 389 g/mol. The van der Waals surface area contributed by atoms with Gasteiger partial charge in [-0.25, -0.2) is 27.3 Å². The molecule has 0 aliphatic heterocycles. The van der Waals surface area contributed by atoms with Crippen LogP contribution < -0.4 is 11.4 Å². The molecule has 0 spiro atoms. The van der Waals surface area contributed by atoms with Crippen molar-refractivity contribution in [3.63, 3.8) is 0 Å². The Morgan fingerprint density at radius 1 is 1.08 bits per heavy atom. The van der Waals surface area contributed by atoms with Gasteiger partial charge in [-0.15, -0.1) is 0 Å². The summed E-state index contributed by atoms with van der Waals surface area (Å²) in [5, 5.41) is -0.341. The van der Waals surface area contributed by atoms with Crippen LogP contribution in [0.4, 0.5) is 13.2 Å². The Morgan fingerprint density at radius 3 is 2.19 bits per heavy atom. The molecule has 2 rings (SSSR count). The molecule has 1 aromatic carbocycles. The van der Waals surface area contributed by atoms with Gasteiger partial charge < -0.3 is 0 Å². The number of hydrogen-bond acceptors (Lipinski definition) is 4. The molecule has 0 aliphatic rings. The van der Waals surface area contributed by atoms with Crippen molar-refractivity contribution >= 4 is 10.8 Å². The molecular formula is C16H18F3N3O3S. The summed E-state index contributed by atoms with van der Waals surface area (Å²) in [6.07, 6.45) is 0. The lowest BCUT2D eigenvalue weighted by Gasteiger charge is -2.23. The van der Waals surface area contributed by atoms with E-state index in [9.17, 15) is 27.0 Å². The van der Waals surface area contributed by atoms with Gasteiger partial charge in [0.1, 0.15) is 5.82 Å². The van der Waals surface area contributed by atoms with E-state index in [1.807, 2.05) is 0 Å². The summed E-state index contributed by atoms with van der Waals surface area (Å²) in [6, 6.07) is 0.974. The van der Waals surface area contributed by atoms with Gasteiger partial charge in [0, 0.05) is 22.9 Å². The molecule has 142 valence electrons. The smallest absolute Gasteiger partial charge is 0.266 e. The molecule has 0 saturated carbocycles. The zero-order chi connectivity index (χ0) is 19.8. The van der Waals surface area contributed by atoms with E-state index in [0.717, 1.165) is 9.13 Å². The Kier molecular flexibility index (Phi) is 5.55. The standard InChI is InChI=1S/C16H18F3N3O3S/c1-5-26(25)14-20-13(23)22(16(2,3)4)15(24)21(14)8-9-6-11(18)12(19)7-10(9)17/h6-7H,5,8H2,1-4H3. The molecule has 0 saturated heterocycles. The minimum Gasteiger partial charge on any atom is -0.266 e. The van der Waals surface area contributed by atoms with Gasteiger partial charge in [-0.2, -0.15) is 4.98 Å². The van der Waals surface area contributed by atoms with E-state index in [0.29, 0.717) is 12.1 Å². The van der Waals surface area contributed by atoms with Gasteiger partial charge in [-0.1, -0.05) is 6.92 Å². The van der Waals surface area contributed by atoms with Gasteiger partial charge in [0.25, 0.3) is 0 Å². The van der Waals surface area contributed by atoms with Crippen molar-refractivity contribution in [3.8, 4) is 0 Å². The van der Waals surface area contributed by atoms with E-state index >= 15 is 0 Å². The Morgan fingerprint density at radius 2 is 1.65 bits per heavy atom. The van der Waals surface area contributed by atoms with Gasteiger partial charge in [0.2, 0.25) is 5.16 Å². The van der Waals surface area contributed by atoms with Crippen LogP contribution in [0.1, 0.15) is 33.3 Å². The fourth-order valence-electron chi connectivity index (χ4n) is 2.34.